The summed E-state index contributed by atoms with van der Waals surface area (Å²) in [6, 6.07) is 2.28. The number of rotatable bonds is 4. The molecule has 8 heteroatoms. The summed E-state index contributed by atoms with van der Waals surface area (Å²) < 4.78 is 11.9. The molecular weight excluding hydrogens is 274 g/mol. The van der Waals surface area contributed by atoms with Crippen LogP contribution in [-0.4, -0.2) is 24.0 Å². The number of halogens is 3. The molecule has 0 aliphatic rings. The lowest BCUT2D eigenvalue weighted by molar-refractivity contribution is -0.384. The molecule has 0 heterocycles. The van der Waals surface area contributed by atoms with Gasteiger partial charge in [-0.1, -0.05) is 23.2 Å². The first-order chi connectivity index (χ1) is 7.99. The molecular formula is C9H7Cl2FN2O3. The first kappa shape index (κ1) is 13.7. The Morgan fingerprint density at radius 3 is 2.65 bits per heavy atom. The van der Waals surface area contributed by atoms with Crippen LogP contribution in [0.3, 0.4) is 0 Å². The Morgan fingerprint density at radius 1 is 1.47 bits per heavy atom. The highest BCUT2D eigenvalue weighted by molar-refractivity contribution is 6.41. The fourth-order valence-corrected chi connectivity index (χ4v) is 1.75. The van der Waals surface area contributed by atoms with Crippen molar-refractivity contribution in [2.75, 3.05) is 13.2 Å². The average Bonchev–Trinajstić information content (AvgIpc) is 2.25. The van der Waals surface area contributed by atoms with E-state index in [4.69, 9.17) is 23.2 Å². The molecule has 0 bridgehead atoms. The predicted molar refractivity (Wildman–Crippen MR) is 61.4 cm³/mol. The van der Waals surface area contributed by atoms with E-state index < -0.39 is 23.2 Å². The highest BCUT2D eigenvalue weighted by Gasteiger charge is 2.23. The van der Waals surface area contributed by atoms with Crippen molar-refractivity contribution in [2.24, 2.45) is 0 Å². The lowest BCUT2D eigenvalue weighted by Crippen LogP contribution is -2.26. The van der Waals surface area contributed by atoms with Crippen LogP contribution in [0.25, 0.3) is 0 Å². The van der Waals surface area contributed by atoms with Crippen LogP contribution < -0.4 is 5.32 Å². The molecule has 0 saturated heterocycles. The standard InChI is InChI=1S/C9H7Cl2FN2O3/c10-5-1-2-6(14(16)17)8(11)7(5)9(15)13-4-3-12/h1-2H,3-4H2,(H,13,15). The minimum Gasteiger partial charge on any atom is -0.349 e. The van der Waals surface area contributed by atoms with Crippen LogP contribution in [0.2, 0.25) is 10.0 Å². The van der Waals surface area contributed by atoms with Crippen LogP contribution in [0, 0.1) is 10.1 Å². The highest BCUT2D eigenvalue weighted by Crippen LogP contribution is 2.32. The number of nitrogens with one attached hydrogen (secondary N) is 1. The highest BCUT2D eigenvalue weighted by atomic mass is 35.5. The van der Waals surface area contributed by atoms with Crippen molar-refractivity contribution in [3.8, 4) is 0 Å². The van der Waals surface area contributed by atoms with E-state index in [0.717, 1.165) is 6.07 Å². The summed E-state index contributed by atoms with van der Waals surface area (Å²) >= 11 is 11.4. The van der Waals surface area contributed by atoms with E-state index in [9.17, 15) is 19.3 Å². The monoisotopic (exact) mass is 280 g/mol. The first-order valence-corrected chi connectivity index (χ1v) is 5.21. The van der Waals surface area contributed by atoms with Crippen LogP contribution >= 0.6 is 23.2 Å². The fraction of sp³-hybridized carbons (Fsp3) is 0.222. The summed E-state index contributed by atoms with van der Waals surface area (Å²) in [6.07, 6.45) is 0. The molecule has 0 aliphatic heterocycles. The molecule has 92 valence electrons. The van der Waals surface area contributed by atoms with Gasteiger partial charge in [-0.25, -0.2) is 4.39 Å². The number of carbonyl (C=O) groups is 1. The second kappa shape index (κ2) is 5.79. The Bertz CT molecular complexity index is 468. The number of nitro groups is 1. The van der Waals surface area contributed by atoms with Crippen LogP contribution in [0.1, 0.15) is 10.4 Å². The number of benzene rings is 1. The Hall–Kier alpha value is -1.40. The molecule has 0 atom stereocenters. The molecule has 0 unspecified atom stereocenters. The van der Waals surface area contributed by atoms with Gasteiger partial charge >= 0.3 is 0 Å². The Balaban J connectivity index is 3.18. The predicted octanol–water partition coefficient (Wildman–Crippen LogP) is 2.60. The minimum absolute atomic E-state index is 0.0306. The third kappa shape index (κ3) is 3.04. The van der Waals surface area contributed by atoms with E-state index in [2.05, 4.69) is 5.32 Å². The van der Waals surface area contributed by atoms with Crippen molar-refractivity contribution < 1.29 is 14.1 Å². The van der Waals surface area contributed by atoms with E-state index in [1.165, 1.54) is 6.07 Å². The van der Waals surface area contributed by atoms with Crippen LogP contribution in [0.15, 0.2) is 12.1 Å². The first-order valence-electron chi connectivity index (χ1n) is 4.45. The van der Waals surface area contributed by atoms with Gasteiger partial charge < -0.3 is 5.32 Å². The van der Waals surface area contributed by atoms with E-state index in [1.807, 2.05) is 0 Å². The van der Waals surface area contributed by atoms with Crippen LogP contribution in [0.4, 0.5) is 10.1 Å². The Labute approximate surface area is 106 Å². The quantitative estimate of drug-likeness (QED) is 0.681. The maximum absolute atomic E-state index is 11.9. The molecule has 1 aromatic rings. The van der Waals surface area contributed by atoms with Gasteiger partial charge in [-0.3, -0.25) is 14.9 Å². The Morgan fingerprint density at radius 2 is 2.12 bits per heavy atom. The molecule has 0 aliphatic carbocycles. The van der Waals surface area contributed by atoms with Crippen LogP contribution in [0.5, 0.6) is 0 Å². The Kier molecular flexibility index (Phi) is 4.65. The molecule has 0 saturated carbocycles. The second-order valence-electron chi connectivity index (χ2n) is 2.96. The minimum atomic E-state index is -0.754. The number of alkyl halides is 1. The van der Waals surface area contributed by atoms with Gasteiger partial charge in [0.25, 0.3) is 11.6 Å². The second-order valence-corrected chi connectivity index (χ2v) is 3.74. The molecule has 17 heavy (non-hydrogen) atoms. The topological polar surface area (TPSA) is 72.2 Å². The summed E-state index contributed by atoms with van der Waals surface area (Å²) in [7, 11) is 0. The summed E-state index contributed by atoms with van der Waals surface area (Å²) in [5.41, 5.74) is -0.655. The van der Waals surface area contributed by atoms with Gasteiger partial charge in [-0.15, -0.1) is 0 Å². The molecule has 0 radical (unpaired) electrons. The number of carbonyl (C=O) groups excluding carboxylic acids is 1. The molecule has 0 spiro atoms. The fourth-order valence-electron chi connectivity index (χ4n) is 1.14. The SMILES string of the molecule is O=C(NCCF)c1c(Cl)ccc([N+](=O)[O-])c1Cl. The molecule has 1 aromatic carbocycles. The number of hydrogen-bond donors (Lipinski definition) is 1. The van der Waals surface area contributed by atoms with E-state index in [-0.39, 0.29) is 22.2 Å². The lowest BCUT2D eigenvalue weighted by Gasteiger charge is -2.07. The summed E-state index contributed by atoms with van der Waals surface area (Å²) in [5, 5.41) is 12.4. The molecule has 0 fully saturated rings. The van der Waals surface area contributed by atoms with Gasteiger partial charge in [0.1, 0.15) is 11.7 Å². The number of hydrogen-bond acceptors (Lipinski definition) is 3. The van der Waals surface area contributed by atoms with E-state index >= 15 is 0 Å². The van der Waals surface area contributed by atoms with Crippen molar-refractivity contribution in [3.05, 3.63) is 37.9 Å². The molecule has 1 rings (SSSR count). The van der Waals surface area contributed by atoms with Crippen molar-refractivity contribution in [1.29, 1.82) is 0 Å². The van der Waals surface area contributed by atoms with Gasteiger partial charge in [0.15, 0.2) is 0 Å². The largest absolute Gasteiger partial charge is 0.349 e. The third-order valence-electron chi connectivity index (χ3n) is 1.87. The zero-order valence-electron chi connectivity index (χ0n) is 8.37. The average molecular weight is 281 g/mol. The summed E-state index contributed by atoms with van der Waals surface area (Å²) in [5.74, 6) is -0.749. The lowest BCUT2D eigenvalue weighted by atomic mass is 10.2. The maximum Gasteiger partial charge on any atom is 0.288 e. The van der Waals surface area contributed by atoms with E-state index in [1.54, 1.807) is 0 Å². The van der Waals surface area contributed by atoms with Crippen molar-refractivity contribution >= 4 is 34.8 Å². The van der Waals surface area contributed by atoms with Crippen molar-refractivity contribution in [1.82, 2.24) is 5.32 Å². The smallest absolute Gasteiger partial charge is 0.288 e. The van der Waals surface area contributed by atoms with E-state index in [0.29, 0.717) is 0 Å². The maximum atomic E-state index is 11.9. The van der Waals surface area contributed by atoms with Crippen LogP contribution in [-0.2, 0) is 0 Å². The van der Waals surface area contributed by atoms with Crippen molar-refractivity contribution in [3.63, 3.8) is 0 Å². The number of nitro benzene ring substituents is 1. The van der Waals surface area contributed by atoms with Gasteiger partial charge in [-0.05, 0) is 6.07 Å². The van der Waals surface area contributed by atoms with Crippen molar-refractivity contribution in [2.45, 2.75) is 0 Å². The zero-order chi connectivity index (χ0) is 13.0. The normalized spacial score (nSPS) is 10.1. The summed E-state index contributed by atoms with van der Waals surface area (Å²) in [4.78, 5) is 21.4. The molecule has 1 amide bonds. The molecule has 0 aromatic heterocycles. The third-order valence-corrected chi connectivity index (χ3v) is 2.57. The zero-order valence-corrected chi connectivity index (χ0v) is 9.89. The number of amides is 1. The van der Waals surface area contributed by atoms with Gasteiger partial charge in [0.2, 0.25) is 0 Å². The molecule has 5 nitrogen and oxygen atoms in total. The number of nitrogens with zero attached hydrogens (tertiary/aromatic N) is 1. The van der Waals surface area contributed by atoms with Gasteiger partial charge in [-0.2, -0.15) is 0 Å². The van der Waals surface area contributed by atoms with Gasteiger partial charge in [0.05, 0.1) is 15.5 Å². The molecule has 1 N–H and O–H groups in total. The summed E-state index contributed by atoms with van der Waals surface area (Å²) in [6.45, 7) is -0.968. The van der Waals surface area contributed by atoms with Gasteiger partial charge in [0, 0.05) is 12.6 Å².